The molecule has 0 amide bonds. The zero-order valence-corrected chi connectivity index (χ0v) is 15.8. The number of rotatable bonds is 8. The monoisotopic (exact) mass is 355 g/mol. The van der Waals surface area contributed by atoms with Crippen LogP contribution in [0.3, 0.4) is 0 Å². The lowest BCUT2D eigenvalue weighted by atomic mass is 10.1. The lowest BCUT2D eigenvalue weighted by Crippen LogP contribution is -2.25. The molecule has 23 heavy (non-hydrogen) atoms. The number of pyridine rings is 1. The van der Waals surface area contributed by atoms with Crippen molar-refractivity contribution in [3.05, 3.63) is 35.5 Å². The molecule has 0 aliphatic rings. The predicted molar refractivity (Wildman–Crippen MR) is 104 cm³/mol. The molecule has 2 rings (SSSR count). The molecule has 0 saturated carbocycles. The highest BCUT2D eigenvalue weighted by Crippen LogP contribution is 2.25. The van der Waals surface area contributed by atoms with Crippen molar-refractivity contribution in [2.75, 3.05) is 25.0 Å². The van der Waals surface area contributed by atoms with Crippen LogP contribution in [0.4, 0.5) is 5.69 Å². The highest BCUT2D eigenvalue weighted by atomic mass is 35.5. The summed E-state index contributed by atoms with van der Waals surface area (Å²) in [5.41, 5.74) is 2.07. The Morgan fingerprint density at radius 2 is 1.96 bits per heavy atom. The summed E-state index contributed by atoms with van der Waals surface area (Å²) >= 11 is 6.04. The van der Waals surface area contributed by atoms with Crippen molar-refractivity contribution >= 4 is 40.6 Å². The average molecular weight is 356 g/mol. The number of fused-ring (bicyclic) bond motifs is 1. The van der Waals surface area contributed by atoms with Crippen LogP contribution in [0.15, 0.2) is 30.5 Å². The van der Waals surface area contributed by atoms with Crippen LogP contribution in [-0.4, -0.2) is 35.6 Å². The van der Waals surface area contributed by atoms with E-state index in [1.165, 1.54) is 13.0 Å². The number of benzene rings is 1. The fourth-order valence-electron chi connectivity index (χ4n) is 2.75. The molecule has 5 heteroatoms. The van der Waals surface area contributed by atoms with Gasteiger partial charge in [0.25, 0.3) is 0 Å². The topological polar surface area (TPSA) is 28.2 Å². The van der Waals surface area contributed by atoms with Gasteiger partial charge in [-0.25, -0.2) is 0 Å². The third-order valence-electron chi connectivity index (χ3n) is 4.11. The van der Waals surface area contributed by atoms with Crippen LogP contribution in [0.1, 0.15) is 33.6 Å². The molecule has 0 radical (unpaired) electrons. The van der Waals surface area contributed by atoms with Crippen molar-refractivity contribution in [2.45, 2.75) is 39.7 Å². The third kappa shape index (κ3) is 5.83. The molecule has 0 aliphatic heterocycles. The number of hydrogen-bond acceptors (Lipinski definition) is 3. The molecule has 0 saturated heterocycles. The first kappa shape index (κ1) is 20.0. The van der Waals surface area contributed by atoms with Crippen LogP contribution in [0.5, 0.6) is 0 Å². The minimum atomic E-state index is 0. The first-order chi connectivity index (χ1) is 10.6. The molecule has 1 aromatic heterocycles. The Morgan fingerprint density at radius 1 is 1.22 bits per heavy atom. The molecule has 0 spiro atoms. The van der Waals surface area contributed by atoms with E-state index in [4.69, 9.17) is 11.6 Å². The minimum absolute atomic E-state index is 0. The molecule has 0 bridgehead atoms. The molecule has 1 aromatic carbocycles. The standard InChI is InChI=1S/C18H26ClN3.ClH/c1-4-22(5-2)12-6-7-14(3)21-17-10-11-20-18-13-15(19)8-9-16(17)18;/h8-11,13-14H,4-7,12H2,1-3H3,(H,20,21);1H/t14-;/m0./s1. The maximum absolute atomic E-state index is 6.04. The first-order valence-corrected chi connectivity index (χ1v) is 8.55. The summed E-state index contributed by atoms with van der Waals surface area (Å²) < 4.78 is 0. The van der Waals surface area contributed by atoms with Crippen molar-refractivity contribution in [3.8, 4) is 0 Å². The predicted octanol–water partition coefficient (Wildman–Crippen LogP) is 5.23. The van der Waals surface area contributed by atoms with E-state index in [0.717, 1.165) is 41.1 Å². The van der Waals surface area contributed by atoms with Crippen LogP contribution in [-0.2, 0) is 0 Å². The van der Waals surface area contributed by atoms with Gasteiger partial charge in [-0.3, -0.25) is 4.98 Å². The van der Waals surface area contributed by atoms with Gasteiger partial charge < -0.3 is 10.2 Å². The highest BCUT2D eigenvalue weighted by Gasteiger charge is 2.07. The van der Waals surface area contributed by atoms with Crippen LogP contribution in [0.2, 0.25) is 5.02 Å². The molecule has 0 aliphatic carbocycles. The van der Waals surface area contributed by atoms with Gasteiger partial charge in [0.2, 0.25) is 0 Å². The summed E-state index contributed by atoms with van der Waals surface area (Å²) in [6.45, 7) is 10.1. The number of nitrogens with zero attached hydrogens (tertiary/aromatic N) is 2. The highest BCUT2D eigenvalue weighted by molar-refractivity contribution is 6.31. The Bertz CT molecular complexity index is 600. The Morgan fingerprint density at radius 3 is 2.65 bits per heavy atom. The van der Waals surface area contributed by atoms with E-state index in [1.54, 1.807) is 0 Å². The number of halogens is 2. The summed E-state index contributed by atoms with van der Waals surface area (Å²) in [7, 11) is 0. The van der Waals surface area contributed by atoms with Crippen molar-refractivity contribution in [3.63, 3.8) is 0 Å². The van der Waals surface area contributed by atoms with Gasteiger partial charge >= 0.3 is 0 Å². The maximum Gasteiger partial charge on any atom is 0.0737 e. The molecule has 2 aromatic rings. The maximum atomic E-state index is 6.04. The van der Waals surface area contributed by atoms with E-state index >= 15 is 0 Å². The SMILES string of the molecule is CCN(CC)CCC[C@H](C)Nc1ccnc2cc(Cl)ccc12.Cl. The average Bonchev–Trinajstić information content (AvgIpc) is 2.51. The van der Waals surface area contributed by atoms with E-state index in [9.17, 15) is 0 Å². The smallest absolute Gasteiger partial charge is 0.0737 e. The van der Waals surface area contributed by atoms with Gasteiger partial charge in [0.1, 0.15) is 0 Å². The molecule has 1 N–H and O–H groups in total. The van der Waals surface area contributed by atoms with Gasteiger partial charge in [-0.15, -0.1) is 12.4 Å². The summed E-state index contributed by atoms with van der Waals surface area (Å²) in [4.78, 5) is 6.86. The number of aromatic nitrogens is 1. The molecule has 128 valence electrons. The first-order valence-electron chi connectivity index (χ1n) is 8.17. The fraction of sp³-hybridized carbons (Fsp3) is 0.500. The Labute approximate surface area is 150 Å². The van der Waals surface area contributed by atoms with Crippen molar-refractivity contribution in [2.24, 2.45) is 0 Å². The van der Waals surface area contributed by atoms with Crippen LogP contribution >= 0.6 is 24.0 Å². The van der Waals surface area contributed by atoms with Crippen molar-refractivity contribution in [1.29, 1.82) is 0 Å². The molecular weight excluding hydrogens is 329 g/mol. The zero-order chi connectivity index (χ0) is 15.9. The lowest BCUT2D eigenvalue weighted by Gasteiger charge is -2.20. The largest absolute Gasteiger partial charge is 0.382 e. The van der Waals surface area contributed by atoms with Gasteiger partial charge in [-0.05, 0) is 63.7 Å². The van der Waals surface area contributed by atoms with E-state index in [0.29, 0.717) is 6.04 Å². The molecule has 1 heterocycles. The van der Waals surface area contributed by atoms with E-state index in [-0.39, 0.29) is 12.4 Å². The Kier molecular flexibility index (Phi) is 8.67. The van der Waals surface area contributed by atoms with Gasteiger partial charge in [0, 0.05) is 28.3 Å². The van der Waals surface area contributed by atoms with Crippen molar-refractivity contribution < 1.29 is 0 Å². The van der Waals surface area contributed by atoms with Crippen LogP contribution in [0, 0.1) is 0 Å². The second-order valence-corrected chi connectivity index (χ2v) is 6.17. The quantitative estimate of drug-likeness (QED) is 0.702. The number of nitrogens with one attached hydrogen (secondary N) is 1. The minimum Gasteiger partial charge on any atom is -0.382 e. The Balaban J connectivity index is 0.00000264. The second-order valence-electron chi connectivity index (χ2n) is 5.73. The number of hydrogen-bond donors (Lipinski definition) is 1. The third-order valence-corrected chi connectivity index (χ3v) is 4.35. The molecule has 3 nitrogen and oxygen atoms in total. The van der Waals surface area contributed by atoms with E-state index in [2.05, 4.69) is 36.0 Å². The molecular formula is C18H27Cl2N3. The summed E-state index contributed by atoms with van der Waals surface area (Å²) in [5, 5.41) is 5.47. The van der Waals surface area contributed by atoms with Gasteiger partial charge in [-0.1, -0.05) is 25.4 Å². The summed E-state index contributed by atoms with van der Waals surface area (Å²) in [6, 6.07) is 8.35. The molecule has 1 atom stereocenters. The number of anilines is 1. The van der Waals surface area contributed by atoms with E-state index < -0.39 is 0 Å². The lowest BCUT2D eigenvalue weighted by molar-refractivity contribution is 0.295. The second kappa shape index (κ2) is 9.96. The fourth-order valence-corrected chi connectivity index (χ4v) is 2.91. The van der Waals surface area contributed by atoms with E-state index in [1.807, 2.05) is 30.5 Å². The zero-order valence-electron chi connectivity index (χ0n) is 14.2. The van der Waals surface area contributed by atoms with Gasteiger partial charge in [0.05, 0.1) is 5.52 Å². The summed E-state index contributed by atoms with van der Waals surface area (Å²) in [6.07, 6.45) is 4.21. The van der Waals surface area contributed by atoms with Crippen LogP contribution in [0.25, 0.3) is 10.9 Å². The van der Waals surface area contributed by atoms with Gasteiger partial charge in [0.15, 0.2) is 0 Å². The van der Waals surface area contributed by atoms with Crippen molar-refractivity contribution in [1.82, 2.24) is 9.88 Å². The summed E-state index contributed by atoms with van der Waals surface area (Å²) in [5.74, 6) is 0. The molecule has 0 unspecified atom stereocenters. The molecule has 0 fully saturated rings. The van der Waals surface area contributed by atoms with Gasteiger partial charge in [-0.2, -0.15) is 0 Å². The normalized spacial score (nSPS) is 12.2. The Hall–Kier alpha value is -1.03. The van der Waals surface area contributed by atoms with Crippen LogP contribution < -0.4 is 5.32 Å².